The van der Waals surface area contributed by atoms with Crippen molar-refractivity contribution in [1.29, 1.82) is 0 Å². The minimum absolute atomic E-state index is 0.00849. The second-order valence-electron chi connectivity index (χ2n) is 7.26. The van der Waals surface area contributed by atoms with Crippen LogP contribution in [0.25, 0.3) is 0 Å². The van der Waals surface area contributed by atoms with Crippen molar-refractivity contribution in [2.45, 2.75) is 23.6 Å². The Kier molecular flexibility index (Phi) is 6.70. The fraction of sp³-hybridized carbons (Fsp3) is 0.400. The maximum Gasteiger partial charge on any atom is 0.244 e. The fourth-order valence-electron chi connectivity index (χ4n) is 3.39. The van der Waals surface area contributed by atoms with Crippen molar-refractivity contribution in [3.05, 3.63) is 58.6 Å². The Labute approximate surface area is 178 Å². The van der Waals surface area contributed by atoms with Crippen LogP contribution < -0.4 is 0 Å². The summed E-state index contributed by atoms with van der Waals surface area (Å²) in [5, 5.41) is 0.203. The number of halogens is 1. The first-order chi connectivity index (χ1) is 13.6. The van der Waals surface area contributed by atoms with Crippen LogP contribution in [-0.2, 0) is 19.9 Å². The molecule has 0 spiro atoms. The summed E-state index contributed by atoms with van der Waals surface area (Å²) in [6.07, 6.45) is 0. The number of hydrogen-bond donors (Lipinski definition) is 0. The van der Waals surface area contributed by atoms with Gasteiger partial charge in [0, 0.05) is 32.7 Å². The monoisotopic (exact) mass is 456 g/mol. The molecule has 158 valence electrons. The molecule has 1 saturated heterocycles. The number of hydrogen-bond acceptors (Lipinski definition) is 5. The van der Waals surface area contributed by atoms with Gasteiger partial charge >= 0.3 is 0 Å². The molecular weight excluding hydrogens is 432 g/mol. The van der Waals surface area contributed by atoms with Gasteiger partial charge in [-0.1, -0.05) is 35.9 Å². The number of nitrogens with zero attached hydrogens (tertiary/aromatic N) is 2. The number of sulfone groups is 1. The molecule has 0 N–H and O–H groups in total. The molecule has 9 heteroatoms. The van der Waals surface area contributed by atoms with E-state index in [1.54, 1.807) is 31.2 Å². The first-order valence-corrected chi connectivity index (χ1v) is 12.9. The van der Waals surface area contributed by atoms with Gasteiger partial charge in [-0.25, -0.2) is 16.8 Å². The molecule has 3 rings (SSSR count). The number of sulfonamides is 1. The van der Waals surface area contributed by atoms with E-state index in [9.17, 15) is 16.8 Å². The Morgan fingerprint density at radius 2 is 1.55 bits per heavy atom. The van der Waals surface area contributed by atoms with Crippen LogP contribution >= 0.6 is 11.6 Å². The van der Waals surface area contributed by atoms with E-state index in [-0.39, 0.29) is 15.7 Å². The first kappa shape index (κ1) is 22.2. The Balaban J connectivity index is 1.62. The zero-order chi connectivity index (χ0) is 21.2. The smallest absolute Gasteiger partial charge is 0.244 e. The molecule has 1 fully saturated rings. The van der Waals surface area contributed by atoms with Crippen molar-refractivity contribution in [3.8, 4) is 0 Å². The Bertz CT molecular complexity index is 1090. The van der Waals surface area contributed by atoms with Crippen molar-refractivity contribution in [2.24, 2.45) is 0 Å². The van der Waals surface area contributed by atoms with Gasteiger partial charge in [0.25, 0.3) is 0 Å². The van der Waals surface area contributed by atoms with Gasteiger partial charge in [-0.3, -0.25) is 4.90 Å². The topological polar surface area (TPSA) is 74.8 Å². The van der Waals surface area contributed by atoms with E-state index < -0.39 is 19.9 Å². The van der Waals surface area contributed by atoms with Crippen LogP contribution in [0.2, 0.25) is 5.02 Å². The minimum Gasteiger partial charge on any atom is -0.300 e. The lowest BCUT2D eigenvalue weighted by atomic mass is 10.2. The number of rotatable bonds is 6. The molecule has 0 atom stereocenters. The van der Waals surface area contributed by atoms with Gasteiger partial charge in [-0.15, -0.1) is 0 Å². The molecule has 2 aromatic carbocycles. The largest absolute Gasteiger partial charge is 0.300 e. The van der Waals surface area contributed by atoms with Gasteiger partial charge in [0.05, 0.1) is 15.7 Å². The summed E-state index contributed by atoms with van der Waals surface area (Å²) >= 11 is 6.06. The molecule has 1 aliphatic heterocycles. The highest BCUT2D eigenvalue weighted by molar-refractivity contribution is 7.91. The highest BCUT2D eigenvalue weighted by atomic mass is 35.5. The highest BCUT2D eigenvalue weighted by Crippen LogP contribution is 2.25. The summed E-state index contributed by atoms with van der Waals surface area (Å²) in [6, 6.07) is 11.8. The summed E-state index contributed by atoms with van der Waals surface area (Å²) in [5.74, 6) is 0.00849. The van der Waals surface area contributed by atoms with Crippen LogP contribution in [0.1, 0.15) is 11.1 Å². The molecule has 29 heavy (non-hydrogen) atoms. The van der Waals surface area contributed by atoms with Crippen LogP contribution in [0.5, 0.6) is 0 Å². The average Bonchev–Trinajstić information content (AvgIpc) is 2.69. The third-order valence-corrected chi connectivity index (χ3v) is 9.37. The normalized spacial score (nSPS) is 16.8. The van der Waals surface area contributed by atoms with Crippen LogP contribution in [0.4, 0.5) is 0 Å². The molecule has 2 aromatic rings. The van der Waals surface area contributed by atoms with Crippen molar-refractivity contribution in [2.75, 3.05) is 38.5 Å². The quantitative estimate of drug-likeness (QED) is 0.668. The lowest BCUT2D eigenvalue weighted by molar-refractivity contribution is 0.197. The van der Waals surface area contributed by atoms with E-state index in [1.807, 2.05) is 24.0 Å². The standard InChI is InChI=1S/C20H25ClN2O4S2/c1-16-7-8-17(2)20(15-16)28(24,25)14-13-22-9-11-23(12-10-22)29(26,27)19-6-4-3-5-18(19)21/h3-8,15H,9-14H2,1-2H3. The van der Waals surface area contributed by atoms with Gasteiger partial charge in [-0.05, 0) is 43.2 Å². The Morgan fingerprint density at radius 3 is 2.21 bits per heavy atom. The third kappa shape index (κ3) is 5.00. The summed E-state index contributed by atoms with van der Waals surface area (Å²) in [4.78, 5) is 2.46. The van der Waals surface area contributed by atoms with Crippen molar-refractivity contribution in [3.63, 3.8) is 0 Å². The molecule has 6 nitrogen and oxygen atoms in total. The molecule has 0 bridgehead atoms. The average molecular weight is 457 g/mol. The molecule has 0 saturated carbocycles. The Morgan fingerprint density at radius 1 is 0.897 bits per heavy atom. The van der Waals surface area contributed by atoms with Crippen molar-refractivity contribution < 1.29 is 16.8 Å². The van der Waals surface area contributed by atoms with Crippen molar-refractivity contribution in [1.82, 2.24) is 9.21 Å². The van der Waals surface area contributed by atoms with Crippen molar-refractivity contribution >= 4 is 31.5 Å². The predicted molar refractivity (Wildman–Crippen MR) is 115 cm³/mol. The molecular formula is C20H25ClN2O4S2. The number of benzene rings is 2. The van der Waals surface area contributed by atoms with E-state index >= 15 is 0 Å². The van der Waals surface area contributed by atoms with Crippen LogP contribution in [0, 0.1) is 13.8 Å². The Hall–Kier alpha value is -1.45. The summed E-state index contributed by atoms with van der Waals surface area (Å²) < 4.78 is 52.5. The van der Waals surface area contributed by atoms with E-state index in [0.717, 1.165) is 11.1 Å². The molecule has 0 unspecified atom stereocenters. The molecule has 0 amide bonds. The van der Waals surface area contributed by atoms with E-state index in [1.165, 1.54) is 10.4 Å². The summed E-state index contributed by atoms with van der Waals surface area (Å²) in [6.45, 7) is 5.60. The van der Waals surface area contributed by atoms with Gasteiger partial charge in [0.1, 0.15) is 4.90 Å². The molecule has 1 aliphatic rings. The van der Waals surface area contributed by atoms with E-state index in [4.69, 9.17) is 11.6 Å². The maximum atomic E-state index is 12.8. The SMILES string of the molecule is Cc1ccc(C)c(S(=O)(=O)CCN2CCN(S(=O)(=O)c3ccccc3Cl)CC2)c1. The van der Waals surface area contributed by atoms with Crippen LogP contribution in [0.15, 0.2) is 52.3 Å². The van der Waals surface area contributed by atoms with Gasteiger partial charge in [0.2, 0.25) is 10.0 Å². The fourth-order valence-corrected chi connectivity index (χ4v) is 6.95. The second kappa shape index (κ2) is 8.73. The predicted octanol–water partition coefficient (Wildman–Crippen LogP) is 2.74. The highest BCUT2D eigenvalue weighted by Gasteiger charge is 2.30. The lowest BCUT2D eigenvalue weighted by Crippen LogP contribution is -2.49. The van der Waals surface area contributed by atoms with Crippen LogP contribution in [0.3, 0.4) is 0 Å². The molecule has 0 aromatic heterocycles. The third-order valence-electron chi connectivity index (χ3n) is 5.14. The van der Waals surface area contributed by atoms with Gasteiger partial charge in [-0.2, -0.15) is 4.31 Å². The van der Waals surface area contributed by atoms with Gasteiger partial charge < -0.3 is 0 Å². The van der Waals surface area contributed by atoms with Gasteiger partial charge in [0.15, 0.2) is 9.84 Å². The summed E-state index contributed by atoms with van der Waals surface area (Å²) in [5.41, 5.74) is 1.65. The summed E-state index contributed by atoms with van der Waals surface area (Å²) in [7, 11) is -7.05. The van der Waals surface area contributed by atoms with E-state index in [2.05, 4.69) is 0 Å². The molecule has 0 radical (unpaired) electrons. The molecule has 1 heterocycles. The first-order valence-electron chi connectivity index (χ1n) is 9.38. The maximum absolute atomic E-state index is 12.8. The van der Waals surface area contributed by atoms with E-state index in [0.29, 0.717) is 37.6 Å². The zero-order valence-corrected chi connectivity index (χ0v) is 18.9. The molecule has 0 aliphatic carbocycles. The number of aryl methyl sites for hydroxylation is 2. The lowest BCUT2D eigenvalue weighted by Gasteiger charge is -2.34. The van der Waals surface area contributed by atoms with Crippen LogP contribution in [-0.4, -0.2) is 64.5 Å². The second-order valence-corrected chi connectivity index (χ2v) is 11.7. The number of piperazine rings is 1. The zero-order valence-electron chi connectivity index (χ0n) is 16.5. The minimum atomic E-state index is -3.66.